The zero-order valence-corrected chi connectivity index (χ0v) is 8.44. The van der Waals surface area contributed by atoms with Crippen LogP contribution in [0, 0.1) is 24.6 Å². The first-order valence-corrected chi connectivity index (χ1v) is 4.65. The molecule has 16 heavy (non-hydrogen) atoms. The Kier molecular flexibility index (Phi) is 2.93. The van der Waals surface area contributed by atoms with Crippen molar-refractivity contribution in [1.82, 2.24) is 9.97 Å². The van der Waals surface area contributed by atoms with E-state index >= 15 is 0 Å². The van der Waals surface area contributed by atoms with E-state index in [0.717, 1.165) is 23.5 Å². The predicted molar refractivity (Wildman–Crippen MR) is 59.7 cm³/mol. The molecule has 0 bridgehead atoms. The minimum Gasteiger partial charge on any atom is -0.233 e. The van der Waals surface area contributed by atoms with Crippen LogP contribution in [0.2, 0.25) is 0 Å². The number of hydrogen-bond acceptors (Lipinski definition) is 2. The Morgan fingerprint density at radius 2 is 1.69 bits per heavy atom. The average Bonchev–Trinajstić information content (AvgIpc) is 2.32. The maximum atomic E-state index is 12.6. The lowest BCUT2D eigenvalue weighted by Crippen LogP contribution is -1.89. The van der Waals surface area contributed by atoms with Gasteiger partial charge in [0.2, 0.25) is 0 Å². The van der Waals surface area contributed by atoms with Crippen LogP contribution in [0.25, 0.3) is 11.4 Å². The molecule has 0 amide bonds. The van der Waals surface area contributed by atoms with Gasteiger partial charge in [0, 0.05) is 18.1 Å². The van der Waals surface area contributed by atoms with Gasteiger partial charge in [0.05, 0.1) is 12.4 Å². The highest BCUT2D eigenvalue weighted by Gasteiger charge is 2.00. The molecule has 0 saturated carbocycles. The molecule has 0 spiro atoms. The first-order valence-electron chi connectivity index (χ1n) is 4.65. The smallest absolute Gasteiger partial charge is 0.159 e. The minimum absolute atomic E-state index is 0.441. The summed E-state index contributed by atoms with van der Waals surface area (Å²) in [5.41, 5.74) is 1.70. The third-order valence-electron chi connectivity index (χ3n) is 2.00. The normalized spacial score (nSPS) is 9.38. The van der Waals surface area contributed by atoms with Crippen LogP contribution in [-0.4, -0.2) is 9.97 Å². The van der Waals surface area contributed by atoms with Gasteiger partial charge >= 0.3 is 0 Å². The van der Waals surface area contributed by atoms with Crippen molar-refractivity contribution in [2.45, 2.75) is 0 Å². The maximum Gasteiger partial charge on any atom is 0.159 e. The van der Waals surface area contributed by atoms with E-state index in [1.807, 2.05) is 24.3 Å². The van der Waals surface area contributed by atoms with Crippen molar-refractivity contribution in [2.24, 2.45) is 0 Å². The van der Waals surface area contributed by atoms with E-state index in [-0.39, 0.29) is 0 Å². The summed E-state index contributed by atoms with van der Waals surface area (Å²) < 4.78 is 12.6. The van der Waals surface area contributed by atoms with Gasteiger partial charge in [-0.25, -0.2) is 14.4 Å². The summed E-state index contributed by atoms with van der Waals surface area (Å²) in [5, 5.41) is 0. The van der Waals surface area contributed by atoms with Crippen molar-refractivity contribution in [3.63, 3.8) is 0 Å². The SMILES string of the molecule is [CH2]C#Cc1ccc(-c2ncc(F)cn2)cc1. The summed E-state index contributed by atoms with van der Waals surface area (Å²) in [4.78, 5) is 7.78. The second-order valence-electron chi connectivity index (χ2n) is 3.10. The van der Waals surface area contributed by atoms with Crippen molar-refractivity contribution in [3.05, 3.63) is 55.0 Å². The molecule has 3 heteroatoms. The first kappa shape index (κ1) is 10.3. The van der Waals surface area contributed by atoms with Crippen molar-refractivity contribution < 1.29 is 4.39 Å². The molecule has 0 aliphatic heterocycles. The Bertz CT molecular complexity index is 533. The predicted octanol–water partition coefficient (Wildman–Crippen LogP) is 2.47. The molecule has 0 atom stereocenters. The number of aromatic nitrogens is 2. The Morgan fingerprint density at radius 3 is 2.25 bits per heavy atom. The number of nitrogens with zero attached hydrogens (tertiary/aromatic N) is 2. The van der Waals surface area contributed by atoms with Crippen LogP contribution in [0.15, 0.2) is 36.7 Å². The lowest BCUT2D eigenvalue weighted by atomic mass is 10.1. The Morgan fingerprint density at radius 1 is 1.06 bits per heavy atom. The van der Waals surface area contributed by atoms with Gasteiger partial charge in [-0.1, -0.05) is 11.8 Å². The number of rotatable bonds is 1. The summed E-state index contributed by atoms with van der Waals surface area (Å²) in [6.45, 7) is 3.44. The molecular formula is C13H8FN2. The molecule has 77 valence electrons. The van der Waals surface area contributed by atoms with Crippen molar-refractivity contribution in [2.75, 3.05) is 0 Å². The lowest BCUT2D eigenvalue weighted by molar-refractivity contribution is 0.614. The van der Waals surface area contributed by atoms with Gasteiger partial charge in [0.15, 0.2) is 11.6 Å². The van der Waals surface area contributed by atoms with Crippen molar-refractivity contribution >= 4 is 0 Å². The highest BCUT2D eigenvalue weighted by molar-refractivity contribution is 5.56. The fourth-order valence-electron chi connectivity index (χ4n) is 1.27. The summed E-state index contributed by atoms with van der Waals surface area (Å²) in [6, 6.07) is 7.38. The second kappa shape index (κ2) is 4.54. The molecule has 2 nitrogen and oxygen atoms in total. The molecule has 1 aromatic heterocycles. The number of benzene rings is 1. The van der Waals surface area contributed by atoms with Crippen LogP contribution in [0.4, 0.5) is 4.39 Å². The van der Waals surface area contributed by atoms with Gasteiger partial charge in [-0.15, -0.1) is 0 Å². The van der Waals surface area contributed by atoms with Gasteiger partial charge in [-0.05, 0) is 24.3 Å². The molecule has 0 unspecified atom stereocenters. The van der Waals surface area contributed by atoms with Gasteiger partial charge in [-0.3, -0.25) is 0 Å². The van der Waals surface area contributed by atoms with Gasteiger partial charge < -0.3 is 0 Å². The van der Waals surface area contributed by atoms with E-state index in [0.29, 0.717) is 5.82 Å². The zero-order chi connectivity index (χ0) is 11.4. The molecule has 0 aliphatic rings. The van der Waals surface area contributed by atoms with E-state index in [2.05, 4.69) is 28.7 Å². The molecule has 1 radical (unpaired) electrons. The van der Waals surface area contributed by atoms with E-state index in [1.54, 1.807) is 0 Å². The Hall–Kier alpha value is -2.21. The van der Waals surface area contributed by atoms with E-state index in [4.69, 9.17) is 0 Å². The van der Waals surface area contributed by atoms with Crippen molar-refractivity contribution in [1.29, 1.82) is 0 Å². The molecular weight excluding hydrogens is 203 g/mol. The molecule has 1 aromatic carbocycles. The quantitative estimate of drug-likeness (QED) is 0.677. The molecule has 0 fully saturated rings. The molecule has 2 rings (SSSR count). The zero-order valence-electron chi connectivity index (χ0n) is 8.44. The molecule has 1 heterocycles. The molecule has 2 aromatic rings. The third kappa shape index (κ3) is 2.23. The Balaban J connectivity index is 2.33. The van der Waals surface area contributed by atoms with Gasteiger partial charge in [-0.2, -0.15) is 0 Å². The van der Waals surface area contributed by atoms with E-state index in [1.165, 1.54) is 0 Å². The van der Waals surface area contributed by atoms with Gasteiger partial charge in [0.1, 0.15) is 0 Å². The lowest BCUT2D eigenvalue weighted by Gasteiger charge is -1.99. The standard InChI is InChI=1S/C13H8FN2/c1-2-3-10-4-6-11(7-5-10)13-15-8-12(14)9-16-13/h4-9H,1H2. The van der Waals surface area contributed by atoms with Gasteiger partial charge in [0.25, 0.3) is 0 Å². The summed E-state index contributed by atoms with van der Waals surface area (Å²) in [5.74, 6) is 5.46. The number of halogens is 1. The van der Waals surface area contributed by atoms with Crippen LogP contribution in [-0.2, 0) is 0 Å². The monoisotopic (exact) mass is 211 g/mol. The highest BCUT2D eigenvalue weighted by Crippen LogP contribution is 2.14. The topological polar surface area (TPSA) is 25.8 Å². The largest absolute Gasteiger partial charge is 0.233 e. The molecule has 0 saturated heterocycles. The van der Waals surface area contributed by atoms with Crippen LogP contribution in [0.3, 0.4) is 0 Å². The fraction of sp³-hybridized carbons (Fsp3) is 0. The van der Waals surface area contributed by atoms with Crippen LogP contribution < -0.4 is 0 Å². The molecule has 0 aliphatic carbocycles. The maximum absolute atomic E-state index is 12.6. The van der Waals surface area contributed by atoms with Crippen LogP contribution >= 0.6 is 0 Å². The van der Waals surface area contributed by atoms with Crippen LogP contribution in [0.1, 0.15) is 5.56 Å². The van der Waals surface area contributed by atoms with E-state index in [9.17, 15) is 4.39 Å². The summed E-state index contributed by atoms with van der Waals surface area (Å²) >= 11 is 0. The summed E-state index contributed by atoms with van der Waals surface area (Å²) in [6.07, 6.45) is 2.29. The van der Waals surface area contributed by atoms with E-state index < -0.39 is 5.82 Å². The average molecular weight is 211 g/mol. The van der Waals surface area contributed by atoms with Crippen LogP contribution in [0.5, 0.6) is 0 Å². The third-order valence-corrected chi connectivity index (χ3v) is 2.00. The number of hydrogen-bond donors (Lipinski definition) is 0. The fourth-order valence-corrected chi connectivity index (χ4v) is 1.27. The minimum atomic E-state index is -0.441. The first-order chi connectivity index (χ1) is 7.79. The second-order valence-corrected chi connectivity index (χ2v) is 3.10. The Labute approximate surface area is 93.2 Å². The molecule has 0 N–H and O–H groups in total. The van der Waals surface area contributed by atoms with Crippen molar-refractivity contribution in [3.8, 4) is 23.2 Å². The summed E-state index contributed by atoms with van der Waals surface area (Å²) in [7, 11) is 0. The highest BCUT2D eigenvalue weighted by atomic mass is 19.1.